The average Bonchev–Trinajstić information content (AvgIpc) is 2.26. The van der Waals surface area contributed by atoms with Gasteiger partial charge in [-0.2, -0.15) is 0 Å². The zero-order chi connectivity index (χ0) is 12.4. The Morgan fingerprint density at radius 2 is 1.88 bits per heavy atom. The van der Waals surface area contributed by atoms with E-state index in [2.05, 4.69) is 11.9 Å². The summed E-state index contributed by atoms with van der Waals surface area (Å²) in [6.45, 7) is 6.16. The molecule has 1 aliphatic carbocycles. The van der Waals surface area contributed by atoms with Crippen molar-refractivity contribution < 1.29 is 4.79 Å². The van der Waals surface area contributed by atoms with Gasteiger partial charge >= 0.3 is 0 Å². The van der Waals surface area contributed by atoms with Crippen LogP contribution in [0, 0.1) is 25.7 Å². The largest absolute Gasteiger partial charge is 0.294 e. The Hall–Kier alpha value is -1.18. The number of carbonyl (C=O) groups excluding carboxylic acids is 1. The molecule has 1 aromatic heterocycles. The van der Waals surface area contributed by atoms with Crippen LogP contribution in [-0.4, -0.2) is 10.8 Å². The van der Waals surface area contributed by atoms with Gasteiger partial charge in [-0.05, 0) is 44.7 Å². The molecule has 2 atom stereocenters. The van der Waals surface area contributed by atoms with Crippen LogP contribution in [0.5, 0.6) is 0 Å². The van der Waals surface area contributed by atoms with Crippen molar-refractivity contribution in [3.8, 4) is 0 Å². The van der Waals surface area contributed by atoms with Gasteiger partial charge in [0.2, 0.25) is 0 Å². The molecule has 1 heterocycles. The van der Waals surface area contributed by atoms with E-state index in [0.29, 0.717) is 11.7 Å². The number of hydrogen-bond acceptors (Lipinski definition) is 2. The Morgan fingerprint density at radius 3 is 2.47 bits per heavy atom. The number of hydrogen-bond donors (Lipinski definition) is 0. The van der Waals surface area contributed by atoms with Gasteiger partial charge in [0.1, 0.15) is 0 Å². The van der Waals surface area contributed by atoms with Crippen molar-refractivity contribution in [1.82, 2.24) is 4.98 Å². The summed E-state index contributed by atoms with van der Waals surface area (Å²) >= 11 is 0. The minimum atomic E-state index is 0.236. The summed E-state index contributed by atoms with van der Waals surface area (Å²) < 4.78 is 0. The number of rotatable bonds is 2. The fraction of sp³-hybridized carbons (Fsp3) is 0.600. The second kappa shape index (κ2) is 4.99. The fourth-order valence-corrected chi connectivity index (χ4v) is 2.88. The van der Waals surface area contributed by atoms with Gasteiger partial charge in [-0.25, -0.2) is 0 Å². The first-order valence-electron chi connectivity index (χ1n) is 6.56. The summed E-state index contributed by atoms with van der Waals surface area (Å²) in [7, 11) is 0. The molecule has 1 aliphatic rings. The van der Waals surface area contributed by atoms with Crippen molar-refractivity contribution in [2.24, 2.45) is 11.8 Å². The van der Waals surface area contributed by atoms with Crippen LogP contribution < -0.4 is 0 Å². The minimum absolute atomic E-state index is 0.236. The Bertz CT molecular complexity index is 405. The number of Topliss-reactive ketones (excluding diaryl/α,β-unsaturated/α-hetero) is 1. The summed E-state index contributed by atoms with van der Waals surface area (Å²) in [6.07, 6.45) is 4.58. The van der Waals surface area contributed by atoms with Gasteiger partial charge in [-0.1, -0.05) is 19.8 Å². The SMILES string of the molecule is Cc1cc(C(=O)C2CCCC(C)C2)cc(C)n1. The van der Waals surface area contributed by atoms with Gasteiger partial charge in [-0.3, -0.25) is 9.78 Å². The van der Waals surface area contributed by atoms with Crippen LogP contribution in [0.2, 0.25) is 0 Å². The molecule has 0 N–H and O–H groups in total. The second-order valence-corrected chi connectivity index (χ2v) is 5.47. The Labute approximate surface area is 103 Å². The van der Waals surface area contributed by atoms with Crippen molar-refractivity contribution in [2.75, 3.05) is 0 Å². The normalized spacial score (nSPS) is 24.6. The van der Waals surface area contributed by atoms with Crippen molar-refractivity contribution in [3.05, 3.63) is 29.1 Å². The number of carbonyl (C=O) groups is 1. The number of aryl methyl sites for hydroxylation is 2. The third kappa shape index (κ3) is 2.93. The minimum Gasteiger partial charge on any atom is -0.294 e. The third-order valence-electron chi connectivity index (χ3n) is 3.67. The third-order valence-corrected chi connectivity index (χ3v) is 3.67. The van der Waals surface area contributed by atoms with Crippen LogP contribution in [0.25, 0.3) is 0 Å². The van der Waals surface area contributed by atoms with Crippen LogP contribution in [-0.2, 0) is 0 Å². The maximum absolute atomic E-state index is 12.4. The van der Waals surface area contributed by atoms with Crippen LogP contribution in [0.4, 0.5) is 0 Å². The van der Waals surface area contributed by atoms with Crippen LogP contribution in [0.1, 0.15) is 54.4 Å². The summed E-state index contributed by atoms with van der Waals surface area (Å²) in [6, 6.07) is 3.85. The molecule has 0 amide bonds. The second-order valence-electron chi connectivity index (χ2n) is 5.47. The predicted molar refractivity (Wildman–Crippen MR) is 69.2 cm³/mol. The van der Waals surface area contributed by atoms with E-state index in [-0.39, 0.29) is 5.92 Å². The average molecular weight is 231 g/mol. The molecule has 0 aromatic carbocycles. The highest BCUT2D eigenvalue weighted by Gasteiger charge is 2.26. The molecule has 2 rings (SSSR count). The van der Waals surface area contributed by atoms with Crippen LogP contribution in [0.3, 0.4) is 0 Å². The van der Waals surface area contributed by atoms with Gasteiger partial charge < -0.3 is 0 Å². The Morgan fingerprint density at radius 1 is 1.24 bits per heavy atom. The van der Waals surface area contributed by atoms with E-state index >= 15 is 0 Å². The first-order chi connectivity index (χ1) is 8.06. The molecule has 0 radical (unpaired) electrons. The molecule has 0 aliphatic heterocycles. The first kappa shape index (κ1) is 12.3. The number of nitrogens with zero attached hydrogens (tertiary/aromatic N) is 1. The number of pyridine rings is 1. The van der Waals surface area contributed by atoms with Crippen molar-refractivity contribution in [3.63, 3.8) is 0 Å². The van der Waals surface area contributed by atoms with Crippen LogP contribution in [0.15, 0.2) is 12.1 Å². The van der Waals surface area contributed by atoms with Gasteiger partial charge in [0.25, 0.3) is 0 Å². The van der Waals surface area contributed by atoms with Gasteiger partial charge in [0.05, 0.1) is 0 Å². The standard InChI is InChI=1S/C15H21NO/c1-10-5-4-6-13(7-10)15(17)14-8-11(2)16-12(3)9-14/h8-10,13H,4-7H2,1-3H3. The topological polar surface area (TPSA) is 30.0 Å². The molecule has 1 aromatic rings. The Balaban J connectivity index is 2.18. The maximum atomic E-state index is 12.4. The van der Waals surface area contributed by atoms with E-state index in [1.165, 1.54) is 12.8 Å². The molecule has 2 heteroatoms. The monoisotopic (exact) mass is 231 g/mol. The molecule has 0 spiro atoms. The summed E-state index contributed by atoms with van der Waals surface area (Å²) in [5.41, 5.74) is 2.74. The fourth-order valence-electron chi connectivity index (χ4n) is 2.88. The lowest BCUT2D eigenvalue weighted by Crippen LogP contribution is -2.22. The highest BCUT2D eigenvalue weighted by Crippen LogP contribution is 2.31. The van der Waals surface area contributed by atoms with Crippen LogP contribution >= 0.6 is 0 Å². The van der Waals surface area contributed by atoms with E-state index in [1.807, 2.05) is 26.0 Å². The molecule has 2 unspecified atom stereocenters. The van der Waals surface area contributed by atoms with Gasteiger partial charge in [-0.15, -0.1) is 0 Å². The first-order valence-corrected chi connectivity index (χ1v) is 6.56. The smallest absolute Gasteiger partial charge is 0.166 e. The van der Waals surface area contributed by atoms with E-state index in [0.717, 1.165) is 29.8 Å². The van der Waals surface area contributed by atoms with Gasteiger partial charge in [0.15, 0.2) is 5.78 Å². The molecular weight excluding hydrogens is 210 g/mol. The summed E-state index contributed by atoms with van der Waals surface area (Å²) in [4.78, 5) is 16.7. The zero-order valence-electron chi connectivity index (χ0n) is 11.0. The molecule has 17 heavy (non-hydrogen) atoms. The highest BCUT2D eigenvalue weighted by molar-refractivity contribution is 5.98. The van der Waals surface area contributed by atoms with Crippen molar-refractivity contribution in [1.29, 1.82) is 0 Å². The Kier molecular flexibility index (Phi) is 3.60. The maximum Gasteiger partial charge on any atom is 0.166 e. The van der Waals surface area contributed by atoms with E-state index in [1.54, 1.807) is 0 Å². The molecular formula is C15H21NO. The lowest BCUT2D eigenvalue weighted by Gasteiger charge is -2.25. The van der Waals surface area contributed by atoms with E-state index < -0.39 is 0 Å². The van der Waals surface area contributed by atoms with E-state index in [4.69, 9.17) is 0 Å². The van der Waals surface area contributed by atoms with Gasteiger partial charge in [0, 0.05) is 22.9 Å². The molecule has 2 nitrogen and oxygen atoms in total. The highest BCUT2D eigenvalue weighted by atomic mass is 16.1. The lowest BCUT2D eigenvalue weighted by molar-refractivity contribution is 0.0868. The predicted octanol–water partition coefficient (Wildman–Crippen LogP) is 3.71. The zero-order valence-corrected chi connectivity index (χ0v) is 11.0. The quantitative estimate of drug-likeness (QED) is 0.726. The lowest BCUT2D eigenvalue weighted by atomic mass is 9.79. The molecule has 0 saturated heterocycles. The van der Waals surface area contributed by atoms with Crippen molar-refractivity contribution >= 4 is 5.78 Å². The summed E-state index contributed by atoms with van der Waals surface area (Å²) in [5, 5.41) is 0. The molecule has 1 fully saturated rings. The number of ketones is 1. The summed E-state index contributed by atoms with van der Waals surface area (Å²) in [5.74, 6) is 1.26. The van der Waals surface area contributed by atoms with E-state index in [9.17, 15) is 4.79 Å². The molecule has 1 saturated carbocycles. The number of aromatic nitrogens is 1. The van der Waals surface area contributed by atoms with Crippen molar-refractivity contribution in [2.45, 2.75) is 46.5 Å². The molecule has 0 bridgehead atoms. The molecule has 92 valence electrons.